The molecule has 4 heterocycles. The maximum absolute atomic E-state index is 13.0. The molecule has 1 saturated heterocycles. The summed E-state index contributed by atoms with van der Waals surface area (Å²) in [5.74, 6) is -0.0896. The van der Waals surface area contributed by atoms with Crippen LogP contribution < -0.4 is 16.4 Å². The first-order valence-electron chi connectivity index (χ1n) is 12.4. The average molecular weight is 555 g/mol. The molecule has 0 bridgehead atoms. The molecule has 1 fully saturated rings. The van der Waals surface area contributed by atoms with Gasteiger partial charge in [0.15, 0.2) is 0 Å². The number of aromatic nitrogens is 4. The maximum atomic E-state index is 13.0. The number of urea groups is 1. The third kappa shape index (κ3) is 5.38. The molecule has 4 N–H and O–H groups in total. The van der Waals surface area contributed by atoms with Gasteiger partial charge in [-0.25, -0.2) is 19.7 Å². The van der Waals surface area contributed by atoms with Gasteiger partial charge in [-0.1, -0.05) is 12.1 Å². The Balaban J connectivity index is 1.42. The molecule has 208 valence electrons. The number of nitrogens with zero attached hydrogens (tertiary/aromatic N) is 5. The summed E-state index contributed by atoms with van der Waals surface area (Å²) >= 11 is 0. The number of amides is 3. The van der Waals surface area contributed by atoms with Gasteiger partial charge in [-0.3, -0.25) is 9.20 Å². The maximum Gasteiger partial charge on any atom is 0.416 e. The summed E-state index contributed by atoms with van der Waals surface area (Å²) in [5, 5.41) is 5.18. The van der Waals surface area contributed by atoms with Gasteiger partial charge in [0, 0.05) is 42.8 Å². The molecule has 0 spiro atoms. The highest BCUT2D eigenvalue weighted by Crippen LogP contribution is 2.33. The van der Waals surface area contributed by atoms with E-state index < -0.39 is 23.8 Å². The lowest BCUT2D eigenvalue weighted by atomic mass is 10.1. The van der Waals surface area contributed by atoms with Gasteiger partial charge in [0.2, 0.25) is 0 Å². The van der Waals surface area contributed by atoms with Crippen LogP contribution in [0.4, 0.5) is 29.6 Å². The van der Waals surface area contributed by atoms with Gasteiger partial charge in [-0.15, -0.1) is 0 Å². The highest BCUT2D eigenvalue weighted by molar-refractivity contribution is 6.04. The van der Waals surface area contributed by atoms with E-state index in [9.17, 15) is 22.8 Å². The molecule has 1 atom stereocenters. The van der Waals surface area contributed by atoms with Crippen molar-refractivity contribution in [3.8, 4) is 11.3 Å². The zero-order valence-electron chi connectivity index (χ0n) is 21.3. The summed E-state index contributed by atoms with van der Waals surface area (Å²) in [6, 6.07) is 7.73. The van der Waals surface area contributed by atoms with Gasteiger partial charge < -0.3 is 26.0 Å². The molecule has 1 unspecified atom stereocenters. The fraction of sp³-hybridized carbons (Fsp3) is 0.269. The molecule has 3 aromatic heterocycles. The second-order valence-electron chi connectivity index (χ2n) is 8.95. The van der Waals surface area contributed by atoms with Gasteiger partial charge in [-0.05, 0) is 31.2 Å². The molecule has 5 rings (SSSR count). The fourth-order valence-electron chi connectivity index (χ4n) is 4.41. The van der Waals surface area contributed by atoms with Crippen molar-refractivity contribution in [1.82, 2.24) is 29.6 Å². The number of nitrogens with two attached hydrogens (primary N) is 1. The minimum Gasteiger partial charge on any atom is -0.382 e. The Hall–Kier alpha value is -4.72. The highest BCUT2D eigenvalue weighted by Gasteiger charge is 2.31. The third-order valence-electron chi connectivity index (χ3n) is 6.33. The minimum atomic E-state index is -4.56. The number of imidazole rings is 1. The van der Waals surface area contributed by atoms with Crippen molar-refractivity contribution in [3.63, 3.8) is 0 Å². The number of carbonyl (C=O) groups excluding carboxylic acids is 2. The van der Waals surface area contributed by atoms with Crippen molar-refractivity contribution in [2.24, 2.45) is 0 Å². The number of nitrogens with one attached hydrogen (secondary N) is 2. The van der Waals surface area contributed by atoms with Gasteiger partial charge in [-0.2, -0.15) is 13.2 Å². The largest absolute Gasteiger partial charge is 0.416 e. The number of ether oxygens (including phenoxy) is 1. The van der Waals surface area contributed by atoms with Crippen LogP contribution in [-0.4, -0.2) is 62.4 Å². The number of nitrogen functional groups attached to an aromatic ring is 1. The second-order valence-corrected chi connectivity index (χ2v) is 8.95. The number of morpholine rings is 1. The number of halogens is 3. The Bertz CT molecular complexity index is 1560. The molecule has 0 saturated carbocycles. The van der Waals surface area contributed by atoms with Crippen LogP contribution in [0.25, 0.3) is 16.8 Å². The molecule has 11 nitrogen and oxygen atoms in total. The minimum absolute atomic E-state index is 0.188. The van der Waals surface area contributed by atoms with E-state index in [0.29, 0.717) is 42.3 Å². The lowest BCUT2D eigenvalue weighted by Crippen LogP contribution is -2.47. The van der Waals surface area contributed by atoms with Crippen molar-refractivity contribution in [1.29, 1.82) is 0 Å². The molecular weight excluding hydrogens is 529 g/mol. The first kappa shape index (κ1) is 26.9. The van der Waals surface area contributed by atoms with E-state index in [1.165, 1.54) is 18.3 Å². The normalized spacial score (nSPS) is 15.7. The van der Waals surface area contributed by atoms with Crippen LogP contribution in [0.3, 0.4) is 0 Å². The van der Waals surface area contributed by atoms with E-state index in [-0.39, 0.29) is 29.8 Å². The summed E-state index contributed by atoms with van der Waals surface area (Å²) in [6.07, 6.45) is -0.862. The predicted molar refractivity (Wildman–Crippen MR) is 139 cm³/mol. The van der Waals surface area contributed by atoms with E-state index >= 15 is 0 Å². The lowest BCUT2D eigenvalue weighted by Gasteiger charge is -2.32. The topological polar surface area (TPSA) is 140 Å². The second kappa shape index (κ2) is 10.8. The number of alkyl halides is 3. The molecule has 3 amide bonds. The number of benzene rings is 1. The van der Waals surface area contributed by atoms with Crippen molar-refractivity contribution >= 4 is 29.1 Å². The highest BCUT2D eigenvalue weighted by atomic mass is 19.4. The summed E-state index contributed by atoms with van der Waals surface area (Å²) in [7, 11) is 0. The summed E-state index contributed by atoms with van der Waals surface area (Å²) in [6.45, 7) is 3.41. The van der Waals surface area contributed by atoms with Crippen LogP contribution in [0.5, 0.6) is 0 Å². The first-order valence-corrected chi connectivity index (χ1v) is 12.4. The molecule has 14 heteroatoms. The first-order chi connectivity index (χ1) is 19.2. The molecule has 0 radical (unpaired) electrons. The number of anilines is 2. The van der Waals surface area contributed by atoms with Crippen molar-refractivity contribution in [2.45, 2.75) is 19.2 Å². The summed E-state index contributed by atoms with van der Waals surface area (Å²) in [4.78, 5) is 39.5. The number of pyridine rings is 1. The lowest BCUT2D eigenvalue weighted by molar-refractivity contribution is -0.137. The van der Waals surface area contributed by atoms with Crippen LogP contribution in [0.2, 0.25) is 0 Å². The van der Waals surface area contributed by atoms with E-state index in [1.54, 1.807) is 27.6 Å². The average Bonchev–Trinajstić information content (AvgIpc) is 3.34. The molecule has 1 aromatic carbocycles. The standard InChI is InChI=1S/C26H25F3N8O3/c1-2-31-25(39)36-11-12-40-18(14-36)23-35-20(21-22(30)33-9-10-37(21)23)15-3-5-16(6-4-15)24(38)34-19-13-17(7-8-32-19)26(27,28)29/h3-10,13,18H,2,11-12,14H2,1H3,(H2,30,33)(H,31,39)(H,32,34,38). The monoisotopic (exact) mass is 554 g/mol. The van der Waals surface area contributed by atoms with Crippen molar-refractivity contribution in [3.05, 3.63) is 71.9 Å². The number of hydrogen-bond donors (Lipinski definition) is 3. The van der Waals surface area contributed by atoms with Gasteiger partial charge >= 0.3 is 12.2 Å². The van der Waals surface area contributed by atoms with Crippen molar-refractivity contribution < 1.29 is 27.5 Å². The Labute approximate surface area is 226 Å². The smallest absolute Gasteiger partial charge is 0.382 e. The van der Waals surface area contributed by atoms with Crippen LogP contribution in [0.15, 0.2) is 55.0 Å². The van der Waals surface area contributed by atoms with Crippen LogP contribution >= 0.6 is 0 Å². The van der Waals surface area contributed by atoms with Crippen LogP contribution in [0, 0.1) is 0 Å². The van der Waals surface area contributed by atoms with Gasteiger partial charge in [0.1, 0.15) is 34.8 Å². The Kier molecular flexibility index (Phi) is 7.26. The quantitative estimate of drug-likeness (QED) is 0.341. The van der Waals surface area contributed by atoms with Crippen molar-refractivity contribution in [2.75, 3.05) is 37.3 Å². The fourth-order valence-corrected chi connectivity index (χ4v) is 4.41. The zero-order chi connectivity index (χ0) is 28.4. The molecule has 4 aromatic rings. The molecule has 1 aliphatic heterocycles. The molecule has 1 aliphatic rings. The van der Waals surface area contributed by atoms with Gasteiger partial charge in [0.05, 0.1) is 18.7 Å². The number of carbonyl (C=O) groups is 2. The van der Waals surface area contributed by atoms with E-state index in [0.717, 1.165) is 18.3 Å². The number of rotatable bonds is 5. The van der Waals surface area contributed by atoms with E-state index in [2.05, 4.69) is 20.6 Å². The summed E-state index contributed by atoms with van der Waals surface area (Å²) in [5.41, 5.74) is 7.14. The van der Waals surface area contributed by atoms with Crippen LogP contribution in [0.1, 0.15) is 34.8 Å². The molecule has 0 aliphatic carbocycles. The SMILES string of the molecule is CCNC(=O)N1CCOC(c2nc(-c3ccc(C(=O)Nc4cc(C(F)(F)F)ccn4)cc3)c3c(N)nccn23)C1. The Morgan fingerprint density at radius 2 is 1.93 bits per heavy atom. The third-order valence-corrected chi connectivity index (χ3v) is 6.33. The zero-order valence-corrected chi connectivity index (χ0v) is 21.3. The predicted octanol–water partition coefficient (Wildman–Crippen LogP) is 3.75. The Morgan fingerprint density at radius 3 is 2.65 bits per heavy atom. The summed E-state index contributed by atoms with van der Waals surface area (Å²) < 4.78 is 46.7. The number of hydrogen-bond acceptors (Lipinski definition) is 7. The van der Waals surface area contributed by atoms with E-state index in [1.807, 2.05) is 6.92 Å². The Morgan fingerprint density at radius 1 is 1.15 bits per heavy atom. The molecule has 40 heavy (non-hydrogen) atoms. The van der Waals surface area contributed by atoms with Gasteiger partial charge in [0.25, 0.3) is 5.91 Å². The van der Waals surface area contributed by atoms with E-state index in [4.69, 9.17) is 15.5 Å². The van der Waals surface area contributed by atoms with Crippen LogP contribution in [-0.2, 0) is 10.9 Å². The number of fused-ring (bicyclic) bond motifs is 1. The molecular formula is C26H25F3N8O3.